The summed E-state index contributed by atoms with van der Waals surface area (Å²) in [7, 11) is 0. The van der Waals surface area contributed by atoms with Crippen molar-refractivity contribution in [1.29, 1.82) is 0 Å². The second-order valence-electron chi connectivity index (χ2n) is 6.00. The maximum atomic E-state index is 10.8. The first-order valence-corrected chi connectivity index (χ1v) is 8.06. The molecule has 21 heavy (non-hydrogen) atoms. The van der Waals surface area contributed by atoms with Gasteiger partial charge in [0.15, 0.2) is 0 Å². The Labute approximate surface area is 131 Å². The number of aliphatic hydroxyl groups is 1. The van der Waals surface area contributed by atoms with Crippen molar-refractivity contribution in [2.24, 2.45) is 5.92 Å². The number of halogens is 1. The number of anilines is 1. The van der Waals surface area contributed by atoms with Crippen molar-refractivity contribution in [2.45, 2.75) is 37.7 Å². The number of aromatic nitrogens is 1. The van der Waals surface area contributed by atoms with Crippen LogP contribution in [0.2, 0.25) is 0 Å². The Morgan fingerprint density at radius 2 is 2.29 bits per heavy atom. The third-order valence-electron chi connectivity index (χ3n) is 4.75. The number of hydrogen-bond donors (Lipinski definition) is 1. The molecule has 114 valence electrons. The summed E-state index contributed by atoms with van der Waals surface area (Å²) in [5.41, 5.74) is -0.543. The maximum Gasteiger partial charge on any atom is 0.288 e. The zero-order valence-corrected chi connectivity index (χ0v) is 13.3. The summed E-state index contributed by atoms with van der Waals surface area (Å²) < 4.78 is 0.637. The van der Waals surface area contributed by atoms with E-state index in [1.165, 1.54) is 12.3 Å². The van der Waals surface area contributed by atoms with Gasteiger partial charge in [-0.1, -0.05) is 12.8 Å². The van der Waals surface area contributed by atoms with Crippen molar-refractivity contribution in [1.82, 2.24) is 4.98 Å². The zero-order valence-electron chi connectivity index (χ0n) is 11.7. The fourth-order valence-electron chi connectivity index (χ4n) is 3.52. The summed E-state index contributed by atoms with van der Waals surface area (Å²) in [5, 5.41) is 21.5. The Morgan fingerprint density at radius 1 is 1.48 bits per heavy atom. The van der Waals surface area contributed by atoms with Crippen LogP contribution in [0.1, 0.15) is 32.1 Å². The highest BCUT2D eigenvalue weighted by atomic mass is 79.9. The number of fused-ring (bicyclic) bond motifs is 1. The molecule has 7 heteroatoms. The van der Waals surface area contributed by atoms with Gasteiger partial charge in [-0.3, -0.25) is 10.1 Å². The Bertz CT molecular complexity index is 568. The molecule has 2 atom stereocenters. The van der Waals surface area contributed by atoms with Crippen LogP contribution in [-0.2, 0) is 0 Å². The van der Waals surface area contributed by atoms with Crippen LogP contribution in [0.3, 0.4) is 0 Å². The number of nitrogens with zero attached hydrogens (tertiary/aromatic N) is 3. The van der Waals surface area contributed by atoms with Crippen LogP contribution in [-0.4, -0.2) is 33.7 Å². The summed E-state index contributed by atoms with van der Waals surface area (Å²) in [6.45, 7) is 1.50. The molecule has 0 bridgehead atoms. The Balaban J connectivity index is 1.81. The normalized spacial score (nSPS) is 29.0. The number of piperidine rings is 1. The zero-order chi connectivity index (χ0) is 15.0. The molecule has 3 rings (SSSR count). The predicted octanol–water partition coefficient (Wildman–Crippen LogP) is 2.88. The smallest absolute Gasteiger partial charge is 0.288 e. The number of pyridine rings is 1. The molecule has 2 unspecified atom stereocenters. The van der Waals surface area contributed by atoms with Crippen molar-refractivity contribution in [3.63, 3.8) is 0 Å². The third-order valence-corrected chi connectivity index (χ3v) is 5.33. The van der Waals surface area contributed by atoms with Crippen molar-refractivity contribution in [3.8, 4) is 0 Å². The number of nitro groups is 1. The molecule has 1 saturated heterocycles. The van der Waals surface area contributed by atoms with Gasteiger partial charge in [-0.15, -0.1) is 0 Å². The predicted molar refractivity (Wildman–Crippen MR) is 82.3 cm³/mol. The topological polar surface area (TPSA) is 79.5 Å². The van der Waals surface area contributed by atoms with Crippen LogP contribution in [0.25, 0.3) is 0 Å². The first kappa shape index (κ1) is 14.7. The van der Waals surface area contributed by atoms with Crippen molar-refractivity contribution in [3.05, 3.63) is 26.9 Å². The van der Waals surface area contributed by atoms with E-state index in [2.05, 4.69) is 25.8 Å². The fraction of sp³-hybridized carbons (Fsp3) is 0.643. The molecule has 1 N–H and O–H groups in total. The third kappa shape index (κ3) is 2.76. The lowest BCUT2D eigenvalue weighted by Gasteiger charge is -2.47. The van der Waals surface area contributed by atoms with Crippen LogP contribution < -0.4 is 4.90 Å². The summed E-state index contributed by atoms with van der Waals surface area (Å²) in [4.78, 5) is 16.7. The number of hydrogen-bond acceptors (Lipinski definition) is 5. The second kappa shape index (κ2) is 5.53. The molecular weight excluding hydrogens is 338 g/mol. The molecule has 1 saturated carbocycles. The van der Waals surface area contributed by atoms with Gasteiger partial charge >= 0.3 is 0 Å². The highest BCUT2D eigenvalue weighted by molar-refractivity contribution is 9.10. The average molecular weight is 356 g/mol. The van der Waals surface area contributed by atoms with Crippen molar-refractivity contribution < 1.29 is 10.0 Å². The van der Waals surface area contributed by atoms with E-state index in [0.717, 1.165) is 51.0 Å². The van der Waals surface area contributed by atoms with Gasteiger partial charge < -0.3 is 10.0 Å². The van der Waals surface area contributed by atoms with Gasteiger partial charge in [-0.25, -0.2) is 4.98 Å². The summed E-state index contributed by atoms with van der Waals surface area (Å²) in [5.74, 6) is 0.997. The molecular formula is C14H18BrN3O3. The van der Waals surface area contributed by atoms with Crippen LogP contribution in [0, 0.1) is 16.0 Å². The molecule has 1 aliphatic heterocycles. The largest absolute Gasteiger partial charge is 0.389 e. The molecule has 1 aromatic heterocycles. The van der Waals surface area contributed by atoms with Gasteiger partial charge in [0, 0.05) is 25.1 Å². The second-order valence-corrected chi connectivity index (χ2v) is 6.85. The van der Waals surface area contributed by atoms with Gasteiger partial charge in [0.2, 0.25) is 0 Å². The lowest BCUT2D eigenvalue weighted by molar-refractivity contribution is -0.385. The lowest BCUT2D eigenvalue weighted by atomic mass is 9.71. The summed E-state index contributed by atoms with van der Waals surface area (Å²) >= 11 is 3.38. The molecule has 0 spiro atoms. The van der Waals surface area contributed by atoms with E-state index < -0.39 is 10.5 Å². The molecule has 2 aliphatic rings. The minimum atomic E-state index is -0.526. The standard InChI is InChI=1S/C14H18BrN3O3/c15-12-7-11(18(20)21)8-16-13(12)17-6-5-14(19)4-2-1-3-10(14)9-17/h7-8,10,19H,1-6,9H2. The monoisotopic (exact) mass is 355 g/mol. The van der Waals surface area contributed by atoms with E-state index in [9.17, 15) is 15.2 Å². The quantitative estimate of drug-likeness (QED) is 0.651. The van der Waals surface area contributed by atoms with Gasteiger partial charge in [0.05, 0.1) is 15.0 Å². The maximum absolute atomic E-state index is 10.8. The van der Waals surface area contributed by atoms with Gasteiger partial charge in [0.25, 0.3) is 5.69 Å². The molecule has 1 aromatic rings. The molecule has 2 heterocycles. The fourth-order valence-corrected chi connectivity index (χ4v) is 4.10. The van der Waals surface area contributed by atoms with Gasteiger partial charge in [0.1, 0.15) is 12.0 Å². The van der Waals surface area contributed by atoms with E-state index in [-0.39, 0.29) is 11.6 Å². The highest BCUT2D eigenvalue weighted by Gasteiger charge is 2.43. The van der Waals surface area contributed by atoms with E-state index in [1.54, 1.807) is 0 Å². The molecule has 6 nitrogen and oxygen atoms in total. The van der Waals surface area contributed by atoms with Crippen molar-refractivity contribution in [2.75, 3.05) is 18.0 Å². The minimum absolute atomic E-state index is 0.0168. The Morgan fingerprint density at radius 3 is 3.00 bits per heavy atom. The van der Waals surface area contributed by atoms with Crippen molar-refractivity contribution >= 4 is 27.4 Å². The summed E-state index contributed by atoms with van der Waals surface area (Å²) in [6.07, 6.45) is 6.23. The van der Waals surface area contributed by atoms with Gasteiger partial charge in [-0.05, 0) is 35.2 Å². The number of rotatable bonds is 2. The first-order chi connectivity index (χ1) is 9.99. The molecule has 2 fully saturated rings. The van der Waals surface area contributed by atoms with Crippen LogP contribution in [0.4, 0.5) is 11.5 Å². The van der Waals surface area contributed by atoms with Gasteiger partial charge in [-0.2, -0.15) is 0 Å². The molecule has 0 amide bonds. The van der Waals surface area contributed by atoms with E-state index in [1.807, 2.05) is 0 Å². The Hall–Kier alpha value is -1.21. The average Bonchev–Trinajstić information content (AvgIpc) is 2.46. The minimum Gasteiger partial charge on any atom is -0.389 e. The van der Waals surface area contributed by atoms with E-state index >= 15 is 0 Å². The van der Waals surface area contributed by atoms with E-state index in [0.29, 0.717) is 4.47 Å². The van der Waals surface area contributed by atoms with E-state index in [4.69, 9.17) is 0 Å². The van der Waals surface area contributed by atoms with Crippen LogP contribution in [0.15, 0.2) is 16.7 Å². The van der Waals surface area contributed by atoms with Crippen LogP contribution >= 0.6 is 15.9 Å². The SMILES string of the molecule is O=[N+]([O-])c1cnc(N2CCC3(O)CCCCC3C2)c(Br)c1. The molecule has 0 aromatic carbocycles. The molecule has 0 radical (unpaired) electrons. The highest BCUT2D eigenvalue weighted by Crippen LogP contribution is 2.41. The lowest BCUT2D eigenvalue weighted by Crippen LogP contribution is -2.53. The Kier molecular flexibility index (Phi) is 3.88. The first-order valence-electron chi connectivity index (χ1n) is 7.27. The summed E-state index contributed by atoms with van der Waals surface area (Å²) in [6, 6.07) is 1.49. The van der Waals surface area contributed by atoms with Crippen LogP contribution in [0.5, 0.6) is 0 Å². The molecule has 1 aliphatic carbocycles.